The van der Waals surface area contributed by atoms with Gasteiger partial charge in [0.15, 0.2) is 0 Å². The van der Waals surface area contributed by atoms with Gasteiger partial charge < -0.3 is 15.3 Å². The normalized spacial score (nSPS) is 27.2. The standard InChI is InChI=1S/C13H17BrN2O7S2/c1-6(23-25(20,21)22)11-9-3-8(5-16(9)12(11)13(18)19)24-10(14)4-15-7(2)17/h4-6,9,11-12H,3H2,1-2H3,(H,15,17)(H,18,19)(H,20,21,22)/t6-,9+,11+,12?/m0/s1. The number of thioether (sulfide) groups is 1. The fraction of sp³-hybridized carbons (Fsp3) is 0.538. The Morgan fingerprint density at radius 2 is 2.20 bits per heavy atom. The highest BCUT2D eigenvalue weighted by molar-refractivity contribution is 9.14. The van der Waals surface area contributed by atoms with E-state index in [1.807, 2.05) is 0 Å². The molecule has 3 N–H and O–H groups in total. The van der Waals surface area contributed by atoms with Gasteiger partial charge in [0.2, 0.25) is 5.91 Å². The molecule has 2 aliphatic rings. The highest BCUT2D eigenvalue weighted by Gasteiger charge is 2.56. The van der Waals surface area contributed by atoms with Crippen LogP contribution in [0.25, 0.3) is 0 Å². The number of rotatable bonds is 7. The van der Waals surface area contributed by atoms with E-state index in [4.69, 9.17) is 4.55 Å². The highest BCUT2D eigenvalue weighted by Crippen LogP contribution is 2.48. The highest BCUT2D eigenvalue weighted by atomic mass is 79.9. The summed E-state index contributed by atoms with van der Waals surface area (Å²) in [4.78, 5) is 24.9. The van der Waals surface area contributed by atoms with Crippen molar-refractivity contribution in [3.63, 3.8) is 0 Å². The van der Waals surface area contributed by atoms with Crippen molar-refractivity contribution in [2.45, 2.75) is 38.5 Å². The van der Waals surface area contributed by atoms with Gasteiger partial charge in [-0.1, -0.05) is 11.8 Å². The maximum Gasteiger partial charge on any atom is 0.397 e. The first-order valence-electron chi connectivity index (χ1n) is 7.17. The number of fused-ring (bicyclic) bond motifs is 1. The van der Waals surface area contributed by atoms with E-state index < -0.39 is 34.4 Å². The minimum Gasteiger partial charge on any atom is -0.480 e. The number of halogens is 1. The molecule has 0 aliphatic carbocycles. The van der Waals surface area contributed by atoms with Crippen molar-refractivity contribution in [3.8, 4) is 0 Å². The first-order chi connectivity index (χ1) is 11.5. The van der Waals surface area contributed by atoms with Crippen molar-refractivity contribution in [3.05, 3.63) is 21.1 Å². The van der Waals surface area contributed by atoms with Crippen LogP contribution < -0.4 is 5.32 Å². The van der Waals surface area contributed by atoms with Crippen molar-refractivity contribution in [2.24, 2.45) is 5.92 Å². The Kier molecular flexibility index (Phi) is 6.20. The van der Waals surface area contributed by atoms with E-state index in [1.54, 1.807) is 11.1 Å². The number of carboxylic acid groups (broad SMARTS) is 1. The van der Waals surface area contributed by atoms with Gasteiger partial charge in [0, 0.05) is 42.6 Å². The molecule has 2 aliphatic heterocycles. The summed E-state index contributed by atoms with van der Waals surface area (Å²) in [7, 11) is -4.66. The third kappa shape index (κ3) is 4.97. The van der Waals surface area contributed by atoms with E-state index in [2.05, 4.69) is 25.4 Å². The van der Waals surface area contributed by atoms with Crippen LogP contribution in [0.2, 0.25) is 0 Å². The zero-order valence-electron chi connectivity index (χ0n) is 13.2. The van der Waals surface area contributed by atoms with Crippen LogP contribution in [0, 0.1) is 5.92 Å². The third-order valence-corrected chi connectivity index (χ3v) is 6.01. The second-order valence-corrected chi connectivity index (χ2v) is 9.25. The third-order valence-electron chi connectivity index (χ3n) is 3.90. The molecule has 0 bridgehead atoms. The Hall–Kier alpha value is -1.08. The monoisotopic (exact) mass is 456 g/mol. The minimum absolute atomic E-state index is 0.219. The predicted octanol–water partition coefficient (Wildman–Crippen LogP) is 1.26. The molecule has 0 aromatic heterocycles. The van der Waals surface area contributed by atoms with Gasteiger partial charge in [-0.15, -0.1) is 0 Å². The Bertz CT molecular complexity index is 737. The topological polar surface area (TPSA) is 133 Å². The molecule has 2 heterocycles. The summed E-state index contributed by atoms with van der Waals surface area (Å²) < 4.78 is 35.8. The number of carboxylic acids is 1. The second kappa shape index (κ2) is 7.66. The average Bonchev–Trinajstić information content (AvgIpc) is 2.73. The van der Waals surface area contributed by atoms with Gasteiger partial charge in [0.05, 0.1) is 9.92 Å². The lowest BCUT2D eigenvalue weighted by molar-refractivity contribution is -0.160. The Balaban J connectivity index is 2.08. The van der Waals surface area contributed by atoms with E-state index in [9.17, 15) is 23.1 Å². The molecule has 0 radical (unpaired) electrons. The van der Waals surface area contributed by atoms with Crippen LogP contribution in [0.15, 0.2) is 21.1 Å². The number of hydrogen-bond acceptors (Lipinski definition) is 7. The average molecular weight is 457 g/mol. The summed E-state index contributed by atoms with van der Waals surface area (Å²) in [6.45, 7) is 2.80. The van der Waals surface area contributed by atoms with E-state index in [0.717, 1.165) is 4.91 Å². The van der Waals surface area contributed by atoms with Crippen LogP contribution in [0.1, 0.15) is 20.3 Å². The maximum absolute atomic E-state index is 11.5. The van der Waals surface area contributed by atoms with Crippen LogP contribution in [-0.2, 0) is 24.2 Å². The van der Waals surface area contributed by atoms with Gasteiger partial charge in [-0.2, -0.15) is 8.42 Å². The summed E-state index contributed by atoms with van der Waals surface area (Å²) in [6, 6.07) is -1.17. The first kappa shape index (κ1) is 20.2. The van der Waals surface area contributed by atoms with Crippen molar-refractivity contribution in [2.75, 3.05) is 0 Å². The van der Waals surface area contributed by atoms with E-state index in [0.29, 0.717) is 10.2 Å². The summed E-state index contributed by atoms with van der Waals surface area (Å²) in [5.74, 6) is -1.90. The van der Waals surface area contributed by atoms with Crippen LogP contribution in [0.3, 0.4) is 0 Å². The number of nitrogens with zero attached hydrogens (tertiary/aromatic N) is 1. The van der Waals surface area contributed by atoms with E-state index in [1.165, 1.54) is 31.8 Å². The number of amides is 1. The van der Waals surface area contributed by atoms with Crippen molar-refractivity contribution in [1.82, 2.24) is 10.2 Å². The summed E-state index contributed by atoms with van der Waals surface area (Å²) in [5, 5.41) is 11.9. The van der Waals surface area contributed by atoms with Gasteiger partial charge >= 0.3 is 16.4 Å². The van der Waals surface area contributed by atoms with Crippen LogP contribution in [0.4, 0.5) is 0 Å². The lowest BCUT2D eigenvalue weighted by atomic mass is 9.77. The lowest BCUT2D eigenvalue weighted by Gasteiger charge is -2.51. The zero-order valence-corrected chi connectivity index (χ0v) is 16.5. The van der Waals surface area contributed by atoms with Gasteiger partial charge in [0.25, 0.3) is 0 Å². The van der Waals surface area contributed by atoms with Crippen LogP contribution in [0.5, 0.6) is 0 Å². The molecule has 0 saturated carbocycles. The fourth-order valence-electron chi connectivity index (χ4n) is 3.05. The van der Waals surface area contributed by atoms with Gasteiger partial charge in [0.1, 0.15) is 6.04 Å². The largest absolute Gasteiger partial charge is 0.480 e. The molecule has 9 nitrogen and oxygen atoms in total. The number of carbonyl (C=O) groups excluding carboxylic acids is 1. The van der Waals surface area contributed by atoms with E-state index in [-0.39, 0.29) is 11.9 Å². The molecule has 0 aromatic carbocycles. The molecular formula is C13H17BrN2O7S2. The van der Waals surface area contributed by atoms with Gasteiger partial charge in [-0.3, -0.25) is 9.35 Å². The molecular weight excluding hydrogens is 440 g/mol. The molecule has 0 aromatic rings. The molecule has 2 rings (SSSR count). The second-order valence-electron chi connectivity index (χ2n) is 5.65. The van der Waals surface area contributed by atoms with Crippen molar-refractivity contribution < 1.29 is 31.8 Å². The maximum atomic E-state index is 11.5. The van der Waals surface area contributed by atoms with Crippen LogP contribution in [-0.4, -0.2) is 53.0 Å². The van der Waals surface area contributed by atoms with Gasteiger partial charge in [-0.05, 0) is 22.9 Å². The van der Waals surface area contributed by atoms with Crippen LogP contribution >= 0.6 is 27.7 Å². The SMILES string of the molecule is CC(=O)NC=C(Br)SC1=CN2C(C(=O)O)[C@H]([C@H](C)OS(=O)(=O)O)[C@H]2C1. The molecule has 140 valence electrons. The molecule has 4 atom stereocenters. The molecule has 0 spiro atoms. The quantitative estimate of drug-likeness (QED) is 0.483. The Morgan fingerprint density at radius 1 is 1.56 bits per heavy atom. The number of hydrogen-bond donors (Lipinski definition) is 3. The summed E-state index contributed by atoms with van der Waals surface area (Å²) in [5.41, 5.74) is 0. The van der Waals surface area contributed by atoms with E-state index >= 15 is 0 Å². The molecule has 12 heteroatoms. The fourth-order valence-corrected chi connectivity index (χ4v) is 5.10. The first-order valence-corrected chi connectivity index (χ1v) is 10.1. The molecule has 1 amide bonds. The zero-order chi connectivity index (χ0) is 18.9. The smallest absolute Gasteiger partial charge is 0.397 e. The minimum atomic E-state index is -4.66. The Labute approximate surface area is 157 Å². The molecule has 1 fully saturated rings. The number of carbonyl (C=O) groups is 2. The predicted molar refractivity (Wildman–Crippen MR) is 93.8 cm³/mol. The lowest BCUT2D eigenvalue weighted by Crippen LogP contribution is -2.66. The molecule has 1 saturated heterocycles. The Morgan fingerprint density at radius 3 is 2.72 bits per heavy atom. The van der Waals surface area contributed by atoms with Gasteiger partial charge in [-0.25, -0.2) is 8.98 Å². The van der Waals surface area contributed by atoms with Crippen molar-refractivity contribution in [1.29, 1.82) is 0 Å². The van der Waals surface area contributed by atoms with Crippen molar-refractivity contribution >= 4 is 50.0 Å². The number of nitrogens with one attached hydrogen (secondary N) is 1. The summed E-state index contributed by atoms with van der Waals surface area (Å²) >= 11 is 4.62. The molecule has 25 heavy (non-hydrogen) atoms. The summed E-state index contributed by atoms with van der Waals surface area (Å²) in [6.07, 6.45) is 2.71. The molecule has 1 unspecified atom stereocenters. The number of aliphatic carboxylic acids is 1.